The highest BCUT2D eigenvalue weighted by molar-refractivity contribution is 7.86. The minimum atomic E-state index is -4.69. The first-order chi connectivity index (χ1) is 16.8. The number of halogens is 2. The third-order valence-corrected chi connectivity index (χ3v) is 7.94. The van der Waals surface area contributed by atoms with Crippen LogP contribution in [0.15, 0.2) is 82.1 Å². The monoisotopic (exact) mass is 534 g/mol. The molecule has 188 valence electrons. The summed E-state index contributed by atoms with van der Waals surface area (Å²) >= 11 is 0. The van der Waals surface area contributed by atoms with Gasteiger partial charge in [-0.1, -0.05) is 26.0 Å². The second-order valence-electron chi connectivity index (χ2n) is 8.77. The zero-order valence-electron chi connectivity index (χ0n) is 18.9. The molecule has 2 atom stereocenters. The lowest BCUT2D eigenvalue weighted by atomic mass is 9.94. The molecule has 0 saturated carbocycles. The van der Waals surface area contributed by atoms with Crippen LogP contribution in [0.25, 0.3) is 11.4 Å². The molecule has 0 bridgehead atoms. The summed E-state index contributed by atoms with van der Waals surface area (Å²) in [7, 11) is -9.39. The van der Waals surface area contributed by atoms with Crippen molar-refractivity contribution in [1.82, 2.24) is 9.80 Å². The smallest absolute Gasteiger partial charge is 0.294 e. The largest absolute Gasteiger partial charge is 0.316 e. The second-order valence-corrected chi connectivity index (χ2v) is 11.6. The van der Waals surface area contributed by atoms with E-state index in [0.717, 1.165) is 24.3 Å². The molecule has 0 saturated heterocycles. The summed E-state index contributed by atoms with van der Waals surface area (Å²) in [5, 5.41) is 0. The normalized spacial score (nSPS) is 21.5. The fourth-order valence-electron chi connectivity index (χ4n) is 4.78. The van der Waals surface area contributed by atoms with Crippen LogP contribution in [0.5, 0.6) is 0 Å². The molecule has 12 heteroatoms. The van der Waals surface area contributed by atoms with Gasteiger partial charge in [0, 0.05) is 35.4 Å². The topological polar surface area (TPSA) is 115 Å². The molecule has 3 aliphatic heterocycles. The highest BCUT2D eigenvalue weighted by atomic mass is 32.2. The number of hydrogen-bond donors (Lipinski definition) is 2. The molecule has 2 unspecified atom stereocenters. The van der Waals surface area contributed by atoms with E-state index in [1.165, 1.54) is 12.1 Å². The maximum atomic E-state index is 14.5. The van der Waals surface area contributed by atoms with Gasteiger partial charge in [-0.25, -0.2) is 8.78 Å². The molecule has 0 radical (unpaired) electrons. The lowest BCUT2D eigenvalue weighted by molar-refractivity contribution is 0.479. The summed E-state index contributed by atoms with van der Waals surface area (Å²) in [4.78, 5) is 2.23. The molecule has 2 aromatic carbocycles. The van der Waals surface area contributed by atoms with Crippen LogP contribution in [-0.2, 0) is 20.2 Å². The molecule has 0 amide bonds. The number of benzene rings is 2. The van der Waals surface area contributed by atoms with Crippen molar-refractivity contribution in [3.05, 3.63) is 95.1 Å². The first kappa shape index (κ1) is 24.4. The van der Waals surface area contributed by atoms with Crippen molar-refractivity contribution >= 4 is 31.6 Å². The lowest BCUT2D eigenvalue weighted by Gasteiger charge is -2.40. The van der Waals surface area contributed by atoms with Crippen molar-refractivity contribution in [3.63, 3.8) is 0 Å². The fourth-order valence-corrected chi connectivity index (χ4v) is 5.85. The SMILES string of the molecule is CC1C=CN2C(c3cc(F)cc(S(=O)(=O)O)c3)=C3C(C)C=CN3C(c3cc(F)cc(S(=O)(=O)O)c3)=C12. The standard InChI is InChI=1S/C24H20F2N2O6S2/c1-13-3-5-27-21(13)23(15-7-17(25)11-19(9-15)35(29,30)31)28-6-4-14(2)22(28)24(27)16-8-18(26)12-20(10-16)36(32,33)34/h3-14H,1-2H3,(H,29,30,31)(H,32,33,34). The zero-order chi connectivity index (χ0) is 26.2. The fraction of sp³-hybridized carbons (Fsp3) is 0.167. The predicted molar refractivity (Wildman–Crippen MR) is 127 cm³/mol. The molecule has 3 aliphatic rings. The number of fused-ring (bicyclic) bond motifs is 2. The molecule has 0 fully saturated rings. The first-order valence-corrected chi connectivity index (χ1v) is 13.6. The Morgan fingerprint density at radius 3 is 1.36 bits per heavy atom. The van der Waals surface area contributed by atoms with E-state index in [1.54, 1.807) is 22.2 Å². The van der Waals surface area contributed by atoms with E-state index in [9.17, 15) is 34.7 Å². The number of rotatable bonds is 4. The van der Waals surface area contributed by atoms with E-state index in [1.807, 2.05) is 26.0 Å². The Hall–Kier alpha value is -3.32. The van der Waals surface area contributed by atoms with Crippen LogP contribution in [0.1, 0.15) is 25.0 Å². The molecule has 0 spiro atoms. The third kappa shape index (κ3) is 3.95. The molecule has 5 rings (SSSR count). The highest BCUT2D eigenvalue weighted by Gasteiger charge is 2.40. The van der Waals surface area contributed by atoms with Crippen LogP contribution in [-0.4, -0.2) is 35.7 Å². The quantitative estimate of drug-likeness (QED) is 0.554. The number of allylic oxidation sites excluding steroid dienone is 2. The van der Waals surface area contributed by atoms with Crippen LogP contribution in [0.3, 0.4) is 0 Å². The molecule has 3 heterocycles. The van der Waals surface area contributed by atoms with Gasteiger partial charge in [0.2, 0.25) is 0 Å². The van der Waals surface area contributed by atoms with E-state index in [0.29, 0.717) is 22.8 Å². The van der Waals surface area contributed by atoms with Gasteiger partial charge in [-0.3, -0.25) is 9.11 Å². The van der Waals surface area contributed by atoms with E-state index < -0.39 is 41.7 Å². The Kier molecular flexibility index (Phi) is 5.48. The van der Waals surface area contributed by atoms with Gasteiger partial charge in [-0.15, -0.1) is 0 Å². The summed E-state index contributed by atoms with van der Waals surface area (Å²) in [6.07, 6.45) is 7.09. The van der Waals surface area contributed by atoms with Crippen LogP contribution in [0, 0.1) is 23.5 Å². The van der Waals surface area contributed by atoms with Gasteiger partial charge in [0.15, 0.2) is 0 Å². The molecule has 2 N–H and O–H groups in total. The van der Waals surface area contributed by atoms with E-state index >= 15 is 0 Å². The van der Waals surface area contributed by atoms with Crippen LogP contribution >= 0.6 is 0 Å². The molecule has 0 aromatic heterocycles. The van der Waals surface area contributed by atoms with Crippen molar-refractivity contribution in [2.45, 2.75) is 23.6 Å². The van der Waals surface area contributed by atoms with E-state index in [-0.39, 0.29) is 23.0 Å². The van der Waals surface area contributed by atoms with Crippen molar-refractivity contribution in [1.29, 1.82) is 0 Å². The van der Waals surface area contributed by atoms with Crippen molar-refractivity contribution in [2.75, 3.05) is 0 Å². The van der Waals surface area contributed by atoms with E-state index in [2.05, 4.69) is 0 Å². The Morgan fingerprint density at radius 2 is 1.03 bits per heavy atom. The molecular weight excluding hydrogens is 514 g/mol. The molecule has 2 aromatic rings. The van der Waals surface area contributed by atoms with Gasteiger partial charge < -0.3 is 9.80 Å². The summed E-state index contributed by atoms with van der Waals surface area (Å²) in [5.74, 6) is -2.25. The Morgan fingerprint density at radius 1 is 0.667 bits per heavy atom. The Bertz CT molecular complexity index is 1540. The minimum absolute atomic E-state index is 0.186. The van der Waals surface area contributed by atoms with Crippen molar-refractivity contribution in [3.8, 4) is 0 Å². The van der Waals surface area contributed by atoms with Gasteiger partial charge in [-0.05, 0) is 36.4 Å². The minimum Gasteiger partial charge on any atom is -0.316 e. The van der Waals surface area contributed by atoms with Gasteiger partial charge in [-0.2, -0.15) is 16.8 Å². The second kappa shape index (κ2) is 8.10. The zero-order valence-corrected chi connectivity index (χ0v) is 20.6. The molecule has 8 nitrogen and oxygen atoms in total. The third-order valence-electron chi connectivity index (χ3n) is 6.28. The van der Waals surface area contributed by atoms with Gasteiger partial charge in [0.05, 0.1) is 32.6 Å². The predicted octanol–water partition coefficient (Wildman–Crippen LogP) is 4.44. The Balaban J connectivity index is 1.79. The molecular formula is C24H20F2N2O6S2. The van der Waals surface area contributed by atoms with Crippen molar-refractivity contribution in [2.24, 2.45) is 11.8 Å². The maximum absolute atomic E-state index is 14.5. The van der Waals surface area contributed by atoms with Gasteiger partial charge in [0.1, 0.15) is 11.6 Å². The average Bonchev–Trinajstić information content (AvgIpc) is 3.33. The first-order valence-electron chi connectivity index (χ1n) is 10.8. The Labute approximate surface area is 206 Å². The summed E-state index contributed by atoms with van der Waals surface area (Å²) in [5.41, 5.74) is 2.46. The van der Waals surface area contributed by atoms with Crippen molar-refractivity contribution < 1.29 is 34.7 Å². The molecule has 36 heavy (non-hydrogen) atoms. The van der Waals surface area contributed by atoms with E-state index in [4.69, 9.17) is 0 Å². The molecule has 0 aliphatic carbocycles. The average molecular weight is 535 g/mol. The lowest BCUT2D eigenvalue weighted by Crippen LogP contribution is -2.31. The highest BCUT2D eigenvalue weighted by Crippen LogP contribution is 2.50. The number of hydrogen-bond acceptors (Lipinski definition) is 6. The summed E-state index contributed by atoms with van der Waals surface area (Å²) in [6.45, 7) is 3.71. The summed E-state index contributed by atoms with van der Waals surface area (Å²) in [6, 6.07) is 6.07. The maximum Gasteiger partial charge on any atom is 0.294 e. The van der Waals surface area contributed by atoms with Gasteiger partial charge >= 0.3 is 0 Å². The van der Waals surface area contributed by atoms with Gasteiger partial charge in [0.25, 0.3) is 20.2 Å². The van der Waals surface area contributed by atoms with Crippen LogP contribution in [0.2, 0.25) is 0 Å². The number of nitrogens with zero attached hydrogens (tertiary/aromatic N) is 2. The van der Waals surface area contributed by atoms with Crippen LogP contribution in [0.4, 0.5) is 8.78 Å². The van der Waals surface area contributed by atoms with Crippen LogP contribution < -0.4 is 0 Å². The summed E-state index contributed by atoms with van der Waals surface area (Å²) < 4.78 is 95.2.